The molecule has 2 saturated carbocycles. The van der Waals surface area contributed by atoms with E-state index >= 15 is 0 Å². The predicted octanol–water partition coefficient (Wildman–Crippen LogP) is 16.4. The lowest BCUT2D eigenvalue weighted by atomic mass is 9.75. The van der Waals surface area contributed by atoms with Crippen LogP contribution in [0, 0.1) is 0 Å². The molecule has 8 atom stereocenters. The summed E-state index contributed by atoms with van der Waals surface area (Å²) in [6.07, 6.45) is 15.5. The zero-order valence-electron chi connectivity index (χ0n) is 38.0. The normalized spacial score (nSPS) is 24.8. The fourth-order valence-corrected chi connectivity index (χ4v) is 12.4. The highest BCUT2D eigenvalue weighted by molar-refractivity contribution is 5.46. The molecule has 0 aromatic heterocycles. The van der Waals surface area contributed by atoms with Crippen LogP contribution >= 0.6 is 0 Å². The average molecular weight is 853 g/mol. The molecule has 8 unspecified atom stereocenters. The predicted molar refractivity (Wildman–Crippen MR) is 276 cm³/mol. The summed E-state index contributed by atoms with van der Waals surface area (Å²) in [6.45, 7) is 0. The Labute approximate surface area is 393 Å². The van der Waals surface area contributed by atoms with Crippen molar-refractivity contribution >= 4 is 0 Å². The fraction of sp³-hybridized carbons (Fsp3) is 0.212. The highest BCUT2D eigenvalue weighted by Crippen LogP contribution is 2.62. The molecule has 0 saturated heterocycles. The maximum Gasteiger partial charge on any atom is -0.00182 e. The second kappa shape index (κ2) is 19.4. The maximum absolute atomic E-state index is 2.44. The summed E-state index contributed by atoms with van der Waals surface area (Å²) in [6, 6.07) is 84.0. The van der Waals surface area contributed by atoms with Crippen molar-refractivity contribution in [3.05, 3.63) is 309 Å². The van der Waals surface area contributed by atoms with Crippen molar-refractivity contribution in [2.45, 2.75) is 85.9 Å². The zero-order chi connectivity index (χ0) is 44.1. The van der Waals surface area contributed by atoms with Crippen molar-refractivity contribution < 1.29 is 0 Å². The van der Waals surface area contributed by atoms with Crippen molar-refractivity contribution in [2.75, 3.05) is 0 Å². The Balaban J connectivity index is 0.936. The molecule has 66 heavy (non-hydrogen) atoms. The number of allylic oxidation sites excluding steroid dienone is 4. The van der Waals surface area contributed by atoms with Crippen LogP contribution in [0.25, 0.3) is 0 Å². The van der Waals surface area contributed by atoms with E-state index in [9.17, 15) is 0 Å². The van der Waals surface area contributed by atoms with Gasteiger partial charge in [-0.2, -0.15) is 0 Å². The summed E-state index contributed by atoms with van der Waals surface area (Å²) in [5.74, 6) is 3.15. The van der Waals surface area contributed by atoms with Gasteiger partial charge in [0.15, 0.2) is 0 Å². The van der Waals surface area contributed by atoms with Crippen LogP contribution in [-0.4, -0.2) is 0 Å². The van der Waals surface area contributed by atoms with E-state index in [4.69, 9.17) is 0 Å². The molecule has 0 spiro atoms. The first-order valence-corrected chi connectivity index (χ1v) is 24.6. The maximum atomic E-state index is 2.44. The summed E-state index contributed by atoms with van der Waals surface area (Å²) in [5.41, 5.74) is 17.0. The van der Waals surface area contributed by atoms with Crippen LogP contribution in [0.15, 0.2) is 243 Å². The van der Waals surface area contributed by atoms with Gasteiger partial charge in [0, 0.05) is 0 Å². The van der Waals surface area contributed by atoms with Gasteiger partial charge in [0.2, 0.25) is 0 Å². The van der Waals surface area contributed by atoms with Gasteiger partial charge >= 0.3 is 0 Å². The van der Waals surface area contributed by atoms with Gasteiger partial charge in [0.25, 0.3) is 0 Å². The molecule has 12 bridgehead atoms. The Hall–Kier alpha value is -6.76. The highest BCUT2D eigenvalue weighted by Gasteiger charge is 2.47. The van der Waals surface area contributed by atoms with Crippen LogP contribution in [0.1, 0.15) is 127 Å². The van der Waals surface area contributed by atoms with E-state index in [1.54, 1.807) is 0 Å². The van der Waals surface area contributed by atoms with E-state index in [2.05, 4.69) is 243 Å². The van der Waals surface area contributed by atoms with E-state index < -0.39 is 0 Å². The molecule has 0 aliphatic heterocycles. The van der Waals surface area contributed by atoms with Gasteiger partial charge < -0.3 is 0 Å². The van der Waals surface area contributed by atoms with Gasteiger partial charge in [-0.3, -0.25) is 0 Å². The summed E-state index contributed by atoms with van der Waals surface area (Å²) in [4.78, 5) is 0. The topological polar surface area (TPSA) is 0 Å². The lowest BCUT2D eigenvalue weighted by molar-refractivity contribution is 0.553. The molecule has 0 N–H and O–H groups in total. The van der Waals surface area contributed by atoms with E-state index in [1.165, 1.54) is 66.8 Å². The van der Waals surface area contributed by atoms with Gasteiger partial charge in [0.1, 0.15) is 0 Å². The smallest absolute Gasteiger partial charge is 0.00182 e. The second-order valence-corrected chi connectivity index (χ2v) is 19.4. The van der Waals surface area contributed by atoms with Crippen LogP contribution < -0.4 is 0 Å². The van der Waals surface area contributed by atoms with E-state index in [1.807, 2.05) is 0 Å². The largest absolute Gasteiger partial charge is 0.0838 e. The van der Waals surface area contributed by atoms with Crippen molar-refractivity contribution in [2.24, 2.45) is 0 Å². The molecule has 324 valence electrons. The van der Waals surface area contributed by atoms with Crippen LogP contribution in [0.2, 0.25) is 0 Å². The van der Waals surface area contributed by atoms with Crippen LogP contribution in [0.3, 0.4) is 0 Å². The Bertz CT molecular complexity index is 2440. The number of hydrogen-bond acceptors (Lipinski definition) is 0. The molecular weight excluding hydrogens is 793 g/mol. The molecule has 0 heterocycles. The quantitative estimate of drug-likeness (QED) is 0.155. The van der Waals surface area contributed by atoms with E-state index in [-0.39, 0.29) is 0 Å². The van der Waals surface area contributed by atoms with Gasteiger partial charge in [-0.1, -0.05) is 243 Å². The van der Waals surface area contributed by atoms with Crippen molar-refractivity contribution in [1.82, 2.24) is 0 Å². The first-order valence-electron chi connectivity index (χ1n) is 24.6. The molecule has 0 nitrogen and oxygen atoms in total. The lowest BCUT2D eigenvalue weighted by Crippen LogP contribution is -2.14. The Morgan fingerprint density at radius 2 is 0.394 bits per heavy atom. The number of hydrogen-bond donors (Lipinski definition) is 0. The Morgan fingerprint density at radius 3 is 0.591 bits per heavy atom. The molecule has 0 heteroatoms. The monoisotopic (exact) mass is 852 g/mol. The Kier molecular flexibility index (Phi) is 12.3. The van der Waals surface area contributed by atoms with E-state index in [0.29, 0.717) is 47.3 Å². The molecule has 17 rings (SSSR count). The average Bonchev–Trinajstić information content (AvgIpc) is 3.99. The second-order valence-electron chi connectivity index (χ2n) is 19.4. The summed E-state index contributed by atoms with van der Waals surface area (Å²) in [5, 5.41) is 0. The minimum atomic E-state index is 0.377. The molecule has 8 aromatic rings. The van der Waals surface area contributed by atoms with Crippen LogP contribution in [-0.2, 0) is 25.7 Å². The van der Waals surface area contributed by atoms with Crippen molar-refractivity contribution in [3.63, 3.8) is 0 Å². The summed E-state index contributed by atoms with van der Waals surface area (Å²) in [7, 11) is 0. The molecule has 9 aliphatic rings. The first kappa shape index (κ1) is 41.9. The fourth-order valence-electron chi connectivity index (χ4n) is 12.4. The zero-order valence-corrected chi connectivity index (χ0v) is 38.0. The highest BCUT2D eigenvalue weighted by atomic mass is 14.5. The van der Waals surface area contributed by atoms with Gasteiger partial charge in [-0.15, -0.1) is 0 Å². The molecule has 9 aliphatic carbocycles. The number of benzene rings is 8. The number of rotatable bonds is 4. The van der Waals surface area contributed by atoms with Gasteiger partial charge in [0.05, 0.1) is 0 Å². The molecule has 0 radical (unpaired) electrons. The van der Waals surface area contributed by atoms with Crippen LogP contribution in [0.5, 0.6) is 0 Å². The molecule has 8 aromatic carbocycles. The molecular formula is C66H60. The molecule has 2 fully saturated rings. The molecule has 0 amide bonds. The lowest BCUT2D eigenvalue weighted by Gasteiger charge is -2.29. The van der Waals surface area contributed by atoms with Crippen molar-refractivity contribution in [3.8, 4) is 0 Å². The minimum Gasteiger partial charge on any atom is -0.0838 e. The third-order valence-electron chi connectivity index (χ3n) is 15.6. The van der Waals surface area contributed by atoms with Gasteiger partial charge in [-0.05, 0) is 153 Å². The van der Waals surface area contributed by atoms with Gasteiger partial charge in [-0.25, -0.2) is 0 Å². The summed E-state index contributed by atoms with van der Waals surface area (Å²) < 4.78 is 0. The Morgan fingerprint density at radius 1 is 0.197 bits per heavy atom. The van der Waals surface area contributed by atoms with Crippen LogP contribution in [0.4, 0.5) is 0 Å². The first-order chi connectivity index (χ1) is 32.7. The van der Waals surface area contributed by atoms with E-state index in [0.717, 1.165) is 38.5 Å². The SMILES string of the molecule is C1=C\Cc2ccc(cc2)C2CC(c3ccc(cc3)C/C=C\Cc3ccc(cc3)C3CC(c4ccc(cc4)C/1)C(c1ccccc1)C3c1ccccc1)C(c1ccccc1)C2c1ccccc1. The van der Waals surface area contributed by atoms with Crippen molar-refractivity contribution in [1.29, 1.82) is 0 Å². The third-order valence-corrected chi connectivity index (χ3v) is 15.6. The third kappa shape index (κ3) is 8.82. The minimum absolute atomic E-state index is 0.377. The summed E-state index contributed by atoms with van der Waals surface area (Å²) >= 11 is 0. The standard InChI is InChI=1S/C66H60/c1-5-21-55(22-6-1)63-59-45-60(64(63)56-23-7-2-8-24-56)52-39-31-48(32-40-52)18-15-16-20-50-35-43-54(44-36-50)62-46-61(65(57-25-9-3-10-26-57)66(62)58-27-11-4-12-28-58)53-41-33-49(34-42-53)19-14-13-17-47-29-37-51(59)38-30-47/h1-16,21-44,59-66H,17-20,45-46H2/b14-13-,16-15-.